The maximum absolute atomic E-state index is 12.5. The number of rotatable bonds is 3. The zero-order valence-electron chi connectivity index (χ0n) is 12.4. The Morgan fingerprint density at radius 2 is 1.48 bits per heavy atom. The van der Waals surface area contributed by atoms with Gasteiger partial charge in [-0.3, -0.25) is 9.59 Å². The Balaban J connectivity index is 2.31. The average molecular weight is 282 g/mol. The molecule has 0 unspecified atom stereocenters. The van der Waals surface area contributed by atoms with E-state index in [1.165, 1.54) is 6.92 Å². The molecule has 108 valence electrons. The van der Waals surface area contributed by atoms with Crippen LogP contribution in [0.15, 0.2) is 42.5 Å². The average Bonchev–Trinajstić information content (AvgIpc) is 2.43. The van der Waals surface area contributed by atoms with Crippen LogP contribution in [0.5, 0.6) is 0 Å². The highest BCUT2D eigenvalue weighted by molar-refractivity contribution is 6.10. The van der Waals surface area contributed by atoms with Crippen molar-refractivity contribution in [2.75, 3.05) is 10.6 Å². The Bertz CT molecular complexity index is 673. The Hall–Kier alpha value is -2.62. The van der Waals surface area contributed by atoms with Crippen LogP contribution in [-0.4, -0.2) is 11.8 Å². The van der Waals surface area contributed by atoms with Crippen molar-refractivity contribution in [3.05, 3.63) is 59.2 Å². The van der Waals surface area contributed by atoms with E-state index in [0.717, 1.165) is 16.8 Å². The van der Waals surface area contributed by atoms with E-state index in [1.807, 2.05) is 32.0 Å². The number of carbonyl (C=O) groups is 2. The maximum atomic E-state index is 12.5. The number of hydrogen-bond acceptors (Lipinski definition) is 2. The normalized spacial score (nSPS) is 10.0. The van der Waals surface area contributed by atoms with Gasteiger partial charge in [-0.05, 0) is 37.1 Å². The van der Waals surface area contributed by atoms with Gasteiger partial charge in [0, 0.05) is 12.6 Å². The molecule has 0 atom stereocenters. The van der Waals surface area contributed by atoms with Gasteiger partial charge in [-0.2, -0.15) is 0 Å². The number of anilines is 2. The number of para-hydroxylation sites is 2. The zero-order chi connectivity index (χ0) is 15.4. The lowest BCUT2D eigenvalue weighted by molar-refractivity contribution is -0.114. The standard InChI is InChI=1S/C17H18N2O2/c1-11-7-6-8-12(2)16(11)19-17(21)14-9-4-5-10-15(14)18-13(3)20/h4-10H,1-3H3,(H,18,20)(H,19,21). The first kappa shape index (κ1) is 14.8. The van der Waals surface area contributed by atoms with Crippen LogP contribution in [0.25, 0.3) is 0 Å². The fourth-order valence-electron chi connectivity index (χ4n) is 2.17. The van der Waals surface area contributed by atoms with E-state index in [2.05, 4.69) is 10.6 Å². The molecular formula is C17H18N2O2. The molecule has 21 heavy (non-hydrogen) atoms. The molecule has 0 aliphatic carbocycles. The lowest BCUT2D eigenvalue weighted by Gasteiger charge is -2.13. The molecule has 0 aliphatic heterocycles. The third kappa shape index (κ3) is 3.48. The monoisotopic (exact) mass is 282 g/mol. The van der Waals surface area contributed by atoms with E-state index in [9.17, 15) is 9.59 Å². The number of benzene rings is 2. The van der Waals surface area contributed by atoms with Crippen molar-refractivity contribution in [1.29, 1.82) is 0 Å². The van der Waals surface area contributed by atoms with E-state index in [-0.39, 0.29) is 11.8 Å². The van der Waals surface area contributed by atoms with Crippen molar-refractivity contribution in [1.82, 2.24) is 0 Å². The van der Waals surface area contributed by atoms with Crippen molar-refractivity contribution in [2.45, 2.75) is 20.8 Å². The van der Waals surface area contributed by atoms with Crippen LogP contribution in [0.4, 0.5) is 11.4 Å². The second kappa shape index (κ2) is 6.22. The summed E-state index contributed by atoms with van der Waals surface area (Å²) < 4.78 is 0. The molecule has 0 aliphatic rings. The van der Waals surface area contributed by atoms with Gasteiger partial charge in [-0.1, -0.05) is 30.3 Å². The van der Waals surface area contributed by atoms with Gasteiger partial charge in [-0.15, -0.1) is 0 Å². The van der Waals surface area contributed by atoms with Crippen LogP contribution in [-0.2, 0) is 4.79 Å². The van der Waals surface area contributed by atoms with Crippen molar-refractivity contribution >= 4 is 23.2 Å². The minimum Gasteiger partial charge on any atom is -0.326 e. The molecular weight excluding hydrogens is 264 g/mol. The molecule has 0 saturated heterocycles. The smallest absolute Gasteiger partial charge is 0.257 e. The second-order valence-electron chi connectivity index (χ2n) is 4.95. The molecule has 2 N–H and O–H groups in total. The molecule has 0 spiro atoms. The van der Waals surface area contributed by atoms with Crippen molar-refractivity contribution < 1.29 is 9.59 Å². The van der Waals surface area contributed by atoms with Crippen LogP contribution >= 0.6 is 0 Å². The predicted molar refractivity (Wildman–Crippen MR) is 84.6 cm³/mol. The first-order valence-corrected chi connectivity index (χ1v) is 6.73. The quantitative estimate of drug-likeness (QED) is 0.905. The molecule has 0 fully saturated rings. The zero-order valence-corrected chi connectivity index (χ0v) is 12.4. The number of aryl methyl sites for hydroxylation is 2. The Morgan fingerprint density at radius 1 is 0.857 bits per heavy atom. The van der Waals surface area contributed by atoms with Gasteiger partial charge in [0.25, 0.3) is 5.91 Å². The van der Waals surface area contributed by atoms with Crippen molar-refractivity contribution in [2.24, 2.45) is 0 Å². The first-order valence-electron chi connectivity index (χ1n) is 6.73. The highest BCUT2D eigenvalue weighted by Gasteiger charge is 2.13. The molecule has 4 nitrogen and oxygen atoms in total. The second-order valence-corrected chi connectivity index (χ2v) is 4.95. The topological polar surface area (TPSA) is 58.2 Å². The van der Waals surface area contributed by atoms with Crippen LogP contribution in [0.1, 0.15) is 28.4 Å². The van der Waals surface area contributed by atoms with Gasteiger partial charge in [0.05, 0.1) is 11.3 Å². The van der Waals surface area contributed by atoms with Gasteiger partial charge in [0.2, 0.25) is 5.91 Å². The van der Waals surface area contributed by atoms with E-state index < -0.39 is 0 Å². The summed E-state index contributed by atoms with van der Waals surface area (Å²) in [7, 11) is 0. The maximum Gasteiger partial charge on any atom is 0.257 e. The summed E-state index contributed by atoms with van der Waals surface area (Å²) in [4.78, 5) is 23.7. The Kier molecular flexibility index (Phi) is 4.38. The lowest BCUT2D eigenvalue weighted by atomic mass is 10.1. The molecule has 0 radical (unpaired) electrons. The van der Waals surface area contributed by atoms with Crippen LogP contribution in [0, 0.1) is 13.8 Å². The summed E-state index contributed by atoms with van der Waals surface area (Å²) >= 11 is 0. The molecule has 0 aromatic heterocycles. The Labute approximate surface area is 124 Å². The molecule has 2 amide bonds. The van der Waals surface area contributed by atoms with Gasteiger partial charge in [0.15, 0.2) is 0 Å². The summed E-state index contributed by atoms with van der Waals surface area (Å²) in [6.07, 6.45) is 0. The minimum atomic E-state index is -0.239. The molecule has 0 bridgehead atoms. The van der Waals surface area contributed by atoms with Gasteiger partial charge >= 0.3 is 0 Å². The fourth-order valence-corrected chi connectivity index (χ4v) is 2.17. The summed E-state index contributed by atoms with van der Waals surface area (Å²) in [6.45, 7) is 5.31. The SMILES string of the molecule is CC(=O)Nc1ccccc1C(=O)Nc1c(C)cccc1C. The molecule has 0 heterocycles. The largest absolute Gasteiger partial charge is 0.326 e. The van der Waals surface area contributed by atoms with E-state index in [0.29, 0.717) is 11.3 Å². The number of amides is 2. The summed E-state index contributed by atoms with van der Waals surface area (Å²) in [6, 6.07) is 12.8. The third-order valence-electron chi connectivity index (χ3n) is 3.20. The van der Waals surface area contributed by atoms with Gasteiger partial charge in [-0.25, -0.2) is 0 Å². The lowest BCUT2D eigenvalue weighted by Crippen LogP contribution is -2.17. The van der Waals surface area contributed by atoms with Crippen LogP contribution in [0.2, 0.25) is 0 Å². The van der Waals surface area contributed by atoms with Crippen molar-refractivity contribution in [3.63, 3.8) is 0 Å². The number of carbonyl (C=O) groups excluding carboxylic acids is 2. The van der Waals surface area contributed by atoms with E-state index >= 15 is 0 Å². The third-order valence-corrected chi connectivity index (χ3v) is 3.20. The molecule has 2 rings (SSSR count). The van der Waals surface area contributed by atoms with Crippen LogP contribution < -0.4 is 10.6 Å². The van der Waals surface area contributed by atoms with Gasteiger partial charge < -0.3 is 10.6 Å². The highest BCUT2D eigenvalue weighted by atomic mass is 16.2. The summed E-state index contributed by atoms with van der Waals surface area (Å²) in [5.41, 5.74) is 3.75. The van der Waals surface area contributed by atoms with Gasteiger partial charge in [0.1, 0.15) is 0 Å². The van der Waals surface area contributed by atoms with Crippen LogP contribution in [0.3, 0.4) is 0 Å². The first-order chi connectivity index (χ1) is 9.99. The minimum absolute atomic E-state index is 0.206. The predicted octanol–water partition coefficient (Wildman–Crippen LogP) is 3.51. The molecule has 4 heteroatoms. The van der Waals surface area contributed by atoms with E-state index in [4.69, 9.17) is 0 Å². The summed E-state index contributed by atoms with van der Waals surface area (Å²) in [5, 5.41) is 5.59. The molecule has 2 aromatic carbocycles. The molecule has 2 aromatic rings. The fraction of sp³-hybridized carbons (Fsp3) is 0.176. The Morgan fingerprint density at radius 3 is 2.10 bits per heavy atom. The van der Waals surface area contributed by atoms with Crippen molar-refractivity contribution in [3.8, 4) is 0 Å². The number of hydrogen-bond donors (Lipinski definition) is 2. The molecule has 0 saturated carbocycles. The summed E-state index contributed by atoms with van der Waals surface area (Å²) in [5.74, 6) is -0.445. The highest BCUT2D eigenvalue weighted by Crippen LogP contribution is 2.22. The number of nitrogens with one attached hydrogen (secondary N) is 2. The van der Waals surface area contributed by atoms with E-state index in [1.54, 1.807) is 24.3 Å².